The van der Waals surface area contributed by atoms with E-state index in [0.717, 1.165) is 24.7 Å². The highest BCUT2D eigenvalue weighted by molar-refractivity contribution is 5.71. The minimum Gasteiger partial charge on any atom is -0.298 e. The van der Waals surface area contributed by atoms with Crippen molar-refractivity contribution in [3.8, 4) is 0 Å². The Kier molecular flexibility index (Phi) is 3.90. The SMILES string of the molecule is C=C1CCCC(C)(C)C1C/C=C(\C)C=O. The molecule has 1 unspecified atom stereocenters. The summed E-state index contributed by atoms with van der Waals surface area (Å²) in [5.74, 6) is 0.543. The van der Waals surface area contributed by atoms with E-state index in [1.165, 1.54) is 18.4 Å². The van der Waals surface area contributed by atoms with Crippen molar-refractivity contribution in [1.29, 1.82) is 0 Å². The summed E-state index contributed by atoms with van der Waals surface area (Å²) >= 11 is 0. The molecule has 0 bridgehead atoms. The lowest BCUT2D eigenvalue weighted by atomic mass is 9.65. The molecular weight excluding hydrogens is 184 g/mol. The maximum absolute atomic E-state index is 10.5. The normalized spacial score (nSPS) is 26.5. The second-order valence-electron chi connectivity index (χ2n) is 5.35. The number of carbonyl (C=O) groups is 1. The summed E-state index contributed by atoms with van der Waals surface area (Å²) in [5.41, 5.74) is 2.54. The van der Waals surface area contributed by atoms with Gasteiger partial charge in [0.05, 0.1) is 0 Å². The Labute approximate surface area is 93.3 Å². The largest absolute Gasteiger partial charge is 0.298 e. The summed E-state index contributed by atoms with van der Waals surface area (Å²) in [7, 11) is 0. The number of allylic oxidation sites excluding steroid dienone is 3. The summed E-state index contributed by atoms with van der Waals surface area (Å²) in [6.07, 6.45) is 7.64. The highest BCUT2D eigenvalue weighted by Crippen LogP contribution is 2.44. The van der Waals surface area contributed by atoms with Crippen LogP contribution < -0.4 is 0 Å². The fraction of sp³-hybridized carbons (Fsp3) is 0.643. The molecule has 1 aliphatic rings. The van der Waals surface area contributed by atoms with E-state index in [1.54, 1.807) is 0 Å². The van der Waals surface area contributed by atoms with Gasteiger partial charge in [0, 0.05) is 0 Å². The van der Waals surface area contributed by atoms with Gasteiger partial charge in [0.25, 0.3) is 0 Å². The van der Waals surface area contributed by atoms with E-state index in [0.29, 0.717) is 11.3 Å². The molecule has 0 aliphatic heterocycles. The van der Waals surface area contributed by atoms with Crippen molar-refractivity contribution in [2.75, 3.05) is 0 Å². The molecule has 15 heavy (non-hydrogen) atoms. The van der Waals surface area contributed by atoms with Crippen LogP contribution in [-0.2, 0) is 4.79 Å². The molecule has 1 fully saturated rings. The van der Waals surface area contributed by atoms with Crippen LogP contribution in [0.4, 0.5) is 0 Å². The van der Waals surface area contributed by atoms with E-state index < -0.39 is 0 Å². The molecule has 0 N–H and O–H groups in total. The highest BCUT2D eigenvalue weighted by Gasteiger charge is 2.33. The van der Waals surface area contributed by atoms with Crippen LogP contribution in [-0.4, -0.2) is 6.29 Å². The first-order valence-corrected chi connectivity index (χ1v) is 5.77. The van der Waals surface area contributed by atoms with E-state index in [4.69, 9.17) is 0 Å². The lowest BCUT2D eigenvalue weighted by molar-refractivity contribution is -0.104. The topological polar surface area (TPSA) is 17.1 Å². The highest BCUT2D eigenvalue weighted by atomic mass is 16.1. The predicted octanol–water partition coefficient (Wildman–Crippen LogP) is 3.90. The Morgan fingerprint density at radius 3 is 2.80 bits per heavy atom. The molecule has 84 valence electrons. The third-order valence-electron chi connectivity index (χ3n) is 3.62. The van der Waals surface area contributed by atoms with Gasteiger partial charge >= 0.3 is 0 Å². The third-order valence-corrected chi connectivity index (χ3v) is 3.62. The zero-order valence-corrected chi connectivity index (χ0v) is 10.2. The minimum absolute atomic E-state index is 0.342. The minimum atomic E-state index is 0.342. The maximum Gasteiger partial charge on any atom is 0.145 e. The van der Waals surface area contributed by atoms with Gasteiger partial charge < -0.3 is 0 Å². The van der Waals surface area contributed by atoms with Gasteiger partial charge in [-0.15, -0.1) is 0 Å². The Morgan fingerprint density at radius 2 is 2.27 bits per heavy atom. The number of aldehydes is 1. The molecule has 1 heteroatoms. The molecule has 1 nitrogen and oxygen atoms in total. The lowest BCUT2D eigenvalue weighted by Crippen LogP contribution is -2.29. The first-order valence-electron chi connectivity index (χ1n) is 5.77. The molecule has 1 atom stereocenters. The zero-order chi connectivity index (χ0) is 11.5. The van der Waals surface area contributed by atoms with E-state index in [-0.39, 0.29) is 0 Å². The first-order chi connectivity index (χ1) is 6.97. The van der Waals surface area contributed by atoms with Crippen LogP contribution in [0.3, 0.4) is 0 Å². The maximum atomic E-state index is 10.5. The van der Waals surface area contributed by atoms with Crippen LogP contribution in [0, 0.1) is 11.3 Å². The van der Waals surface area contributed by atoms with Gasteiger partial charge in [-0.1, -0.05) is 32.1 Å². The fourth-order valence-electron chi connectivity index (χ4n) is 2.51. The second kappa shape index (κ2) is 4.78. The zero-order valence-electron chi connectivity index (χ0n) is 10.2. The number of rotatable bonds is 3. The summed E-state index contributed by atoms with van der Waals surface area (Å²) in [6, 6.07) is 0. The van der Waals surface area contributed by atoms with Crippen molar-refractivity contribution in [3.63, 3.8) is 0 Å². The first kappa shape index (κ1) is 12.2. The molecule has 0 aromatic heterocycles. The Balaban J connectivity index is 2.72. The Bertz CT molecular complexity index is 284. The molecular formula is C14H22O. The van der Waals surface area contributed by atoms with E-state index in [2.05, 4.69) is 26.5 Å². The molecule has 0 amide bonds. The molecule has 1 saturated carbocycles. The van der Waals surface area contributed by atoms with Gasteiger partial charge in [0.2, 0.25) is 0 Å². The molecule has 0 spiro atoms. The van der Waals surface area contributed by atoms with Gasteiger partial charge in [0.1, 0.15) is 6.29 Å². The van der Waals surface area contributed by atoms with Crippen molar-refractivity contribution in [3.05, 3.63) is 23.8 Å². The molecule has 0 radical (unpaired) electrons. The van der Waals surface area contributed by atoms with Crippen LogP contribution in [0.5, 0.6) is 0 Å². The predicted molar refractivity (Wildman–Crippen MR) is 64.7 cm³/mol. The monoisotopic (exact) mass is 206 g/mol. The van der Waals surface area contributed by atoms with E-state index in [1.807, 2.05) is 6.92 Å². The van der Waals surface area contributed by atoms with Crippen LogP contribution in [0.1, 0.15) is 46.5 Å². The van der Waals surface area contributed by atoms with Crippen molar-refractivity contribution in [2.45, 2.75) is 46.5 Å². The second-order valence-corrected chi connectivity index (χ2v) is 5.35. The third kappa shape index (κ3) is 3.05. The van der Waals surface area contributed by atoms with Crippen LogP contribution in [0.25, 0.3) is 0 Å². The van der Waals surface area contributed by atoms with Gasteiger partial charge in [-0.2, -0.15) is 0 Å². The number of hydrogen-bond acceptors (Lipinski definition) is 1. The standard InChI is InChI=1S/C14H22O/c1-11(10-15)7-8-13-12(2)6-5-9-14(13,3)4/h7,10,13H,2,5-6,8-9H2,1,3-4H3/b11-7+. The average molecular weight is 206 g/mol. The van der Waals surface area contributed by atoms with E-state index in [9.17, 15) is 4.79 Å². The fourth-order valence-corrected chi connectivity index (χ4v) is 2.51. The summed E-state index contributed by atoms with van der Waals surface area (Å²) in [4.78, 5) is 10.5. The van der Waals surface area contributed by atoms with Gasteiger partial charge in [-0.05, 0) is 49.5 Å². The Morgan fingerprint density at radius 1 is 1.60 bits per heavy atom. The summed E-state index contributed by atoms with van der Waals surface area (Å²) in [5, 5.41) is 0. The molecule has 0 saturated heterocycles. The van der Waals surface area contributed by atoms with E-state index >= 15 is 0 Å². The van der Waals surface area contributed by atoms with Crippen molar-refractivity contribution >= 4 is 6.29 Å². The molecule has 0 heterocycles. The lowest BCUT2D eigenvalue weighted by Gasteiger charge is -2.40. The van der Waals surface area contributed by atoms with Gasteiger partial charge in [-0.25, -0.2) is 0 Å². The molecule has 0 aromatic rings. The van der Waals surface area contributed by atoms with Crippen molar-refractivity contribution in [1.82, 2.24) is 0 Å². The molecule has 0 aromatic carbocycles. The molecule has 1 rings (SSSR count). The van der Waals surface area contributed by atoms with Crippen molar-refractivity contribution in [2.24, 2.45) is 11.3 Å². The van der Waals surface area contributed by atoms with Crippen LogP contribution in [0.2, 0.25) is 0 Å². The smallest absolute Gasteiger partial charge is 0.145 e. The average Bonchev–Trinajstić information content (AvgIpc) is 2.15. The summed E-state index contributed by atoms with van der Waals surface area (Å²) < 4.78 is 0. The van der Waals surface area contributed by atoms with Gasteiger partial charge in [-0.3, -0.25) is 4.79 Å². The van der Waals surface area contributed by atoms with Gasteiger partial charge in [0.15, 0.2) is 0 Å². The number of hydrogen-bond donors (Lipinski definition) is 0. The van der Waals surface area contributed by atoms with Crippen molar-refractivity contribution < 1.29 is 4.79 Å². The number of carbonyl (C=O) groups excluding carboxylic acids is 1. The summed E-state index contributed by atoms with van der Waals surface area (Å²) in [6.45, 7) is 10.7. The quantitative estimate of drug-likeness (QED) is 0.389. The Hall–Kier alpha value is -0.850. The van der Waals surface area contributed by atoms with Crippen LogP contribution in [0.15, 0.2) is 23.8 Å². The van der Waals surface area contributed by atoms with Crippen LogP contribution >= 0.6 is 0 Å². The molecule has 1 aliphatic carbocycles.